The highest BCUT2D eigenvalue weighted by molar-refractivity contribution is 9.10. The van der Waals surface area contributed by atoms with Gasteiger partial charge in [0.2, 0.25) is 0 Å². The molecular formula is C14H13BrClFN2. The second-order valence-corrected chi connectivity index (χ2v) is 5.36. The first-order chi connectivity index (χ1) is 9.13. The van der Waals surface area contributed by atoms with Crippen LogP contribution in [0.4, 0.5) is 4.39 Å². The first-order valence-electron chi connectivity index (χ1n) is 5.83. The van der Waals surface area contributed by atoms with Crippen LogP contribution in [0.15, 0.2) is 41.1 Å². The molecule has 0 radical (unpaired) electrons. The van der Waals surface area contributed by atoms with Gasteiger partial charge in [0, 0.05) is 18.4 Å². The molecule has 2 rings (SSSR count). The lowest BCUT2D eigenvalue weighted by Crippen LogP contribution is -2.19. The Morgan fingerprint density at radius 3 is 2.89 bits per heavy atom. The average Bonchev–Trinajstić information content (AvgIpc) is 2.41. The van der Waals surface area contributed by atoms with E-state index in [1.807, 2.05) is 19.2 Å². The smallest absolute Gasteiger partial charge is 0.137 e. The maximum atomic E-state index is 13.5. The fraction of sp³-hybridized carbons (Fsp3) is 0.214. The highest BCUT2D eigenvalue weighted by Gasteiger charge is 2.16. The predicted molar refractivity (Wildman–Crippen MR) is 78.9 cm³/mol. The minimum Gasteiger partial charge on any atom is -0.313 e. The zero-order valence-electron chi connectivity index (χ0n) is 10.3. The van der Waals surface area contributed by atoms with Crippen LogP contribution in [0.5, 0.6) is 0 Å². The van der Waals surface area contributed by atoms with Crippen LogP contribution in [-0.2, 0) is 6.42 Å². The summed E-state index contributed by atoms with van der Waals surface area (Å²) in [6.07, 6.45) is 3.95. The number of nitrogens with zero attached hydrogens (tertiary/aromatic N) is 1. The number of benzene rings is 1. The molecule has 100 valence electrons. The largest absolute Gasteiger partial charge is 0.313 e. The van der Waals surface area contributed by atoms with Gasteiger partial charge in [-0.25, -0.2) is 4.39 Å². The number of hydrogen-bond donors (Lipinski definition) is 1. The molecule has 2 nitrogen and oxygen atoms in total. The Morgan fingerprint density at radius 1 is 1.42 bits per heavy atom. The van der Waals surface area contributed by atoms with E-state index in [1.54, 1.807) is 18.5 Å². The number of aromatic nitrogens is 1. The first kappa shape index (κ1) is 14.4. The topological polar surface area (TPSA) is 24.9 Å². The van der Waals surface area contributed by atoms with Crippen LogP contribution in [0.2, 0.25) is 5.02 Å². The normalized spacial score (nSPS) is 12.4. The lowest BCUT2D eigenvalue weighted by molar-refractivity contribution is 0.580. The molecule has 0 bridgehead atoms. The molecule has 0 saturated heterocycles. The molecule has 0 aliphatic rings. The van der Waals surface area contributed by atoms with Gasteiger partial charge in [0.05, 0.1) is 9.50 Å². The van der Waals surface area contributed by atoms with Gasteiger partial charge in [-0.15, -0.1) is 0 Å². The Balaban J connectivity index is 2.30. The second-order valence-electron chi connectivity index (χ2n) is 4.16. The van der Waals surface area contributed by atoms with E-state index >= 15 is 0 Å². The van der Waals surface area contributed by atoms with Crippen molar-refractivity contribution in [2.24, 2.45) is 0 Å². The van der Waals surface area contributed by atoms with Crippen LogP contribution < -0.4 is 5.32 Å². The Hall–Kier alpha value is -0.970. The third-order valence-corrected chi connectivity index (χ3v) is 4.19. The summed E-state index contributed by atoms with van der Waals surface area (Å²) < 4.78 is 14.0. The predicted octanol–water partition coefficient (Wildman–Crippen LogP) is 4.14. The summed E-state index contributed by atoms with van der Waals surface area (Å²) in [5.74, 6) is -0.256. The van der Waals surface area contributed by atoms with E-state index in [0.29, 0.717) is 15.9 Å². The maximum absolute atomic E-state index is 13.5. The molecule has 1 atom stereocenters. The lowest BCUT2D eigenvalue weighted by Gasteiger charge is -2.18. The van der Waals surface area contributed by atoms with Crippen LogP contribution in [-0.4, -0.2) is 12.0 Å². The second kappa shape index (κ2) is 6.46. The summed E-state index contributed by atoms with van der Waals surface area (Å²) in [5.41, 5.74) is 1.85. The molecule has 1 aromatic heterocycles. The zero-order chi connectivity index (χ0) is 13.8. The summed E-state index contributed by atoms with van der Waals surface area (Å²) in [6, 6.07) is 6.91. The summed E-state index contributed by atoms with van der Waals surface area (Å²) >= 11 is 9.43. The van der Waals surface area contributed by atoms with Crippen molar-refractivity contribution in [3.63, 3.8) is 0 Å². The standard InChI is InChI=1S/C14H13BrClFN2/c1-18-13(10-5-6-19-8-11(10)16)7-9-3-2-4-12(17)14(9)15/h2-6,8,13,18H,7H2,1H3. The fourth-order valence-corrected chi connectivity index (χ4v) is 2.64. The summed E-state index contributed by atoms with van der Waals surface area (Å²) in [7, 11) is 1.86. The van der Waals surface area contributed by atoms with E-state index in [2.05, 4.69) is 26.2 Å². The number of nitrogens with one attached hydrogen (secondary N) is 1. The van der Waals surface area contributed by atoms with Crippen LogP contribution in [0.25, 0.3) is 0 Å². The van der Waals surface area contributed by atoms with Gasteiger partial charge in [-0.2, -0.15) is 0 Å². The third kappa shape index (κ3) is 3.32. The number of rotatable bonds is 4. The lowest BCUT2D eigenvalue weighted by atomic mass is 10.00. The van der Waals surface area contributed by atoms with Crippen molar-refractivity contribution in [2.45, 2.75) is 12.5 Å². The molecule has 19 heavy (non-hydrogen) atoms. The van der Waals surface area contributed by atoms with Crippen molar-refractivity contribution in [3.8, 4) is 0 Å². The van der Waals surface area contributed by atoms with Crippen molar-refractivity contribution in [2.75, 3.05) is 7.05 Å². The summed E-state index contributed by atoms with van der Waals surface area (Å²) in [6.45, 7) is 0. The van der Waals surface area contributed by atoms with E-state index in [9.17, 15) is 4.39 Å². The van der Waals surface area contributed by atoms with Gasteiger partial charge < -0.3 is 5.32 Å². The van der Waals surface area contributed by atoms with E-state index in [4.69, 9.17) is 11.6 Å². The van der Waals surface area contributed by atoms with E-state index in [-0.39, 0.29) is 11.9 Å². The van der Waals surface area contributed by atoms with E-state index < -0.39 is 0 Å². The van der Waals surface area contributed by atoms with Gasteiger partial charge in [0.25, 0.3) is 0 Å². The molecule has 5 heteroatoms. The Morgan fingerprint density at radius 2 is 2.21 bits per heavy atom. The average molecular weight is 344 g/mol. The zero-order valence-corrected chi connectivity index (χ0v) is 12.7. The summed E-state index contributed by atoms with van der Waals surface area (Å²) in [4.78, 5) is 3.97. The molecule has 0 saturated carbocycles. The van der Waals surface area contributed by atoms with Gasteiger partial charge in [-0.3, -0.25) is 4.98 Å². The number of hydrogen-bond acceptors (Lipinski definition) is 2. The van der Waals surface area contributed by atoms with Gasteiger partial charge in [-0.1, -0.05) is 23.7 Å². The van der Waals surface area contributed by atoms with E-state index in [1.165, 1.54) is 6.07 Å². The quantitative estimate of drug-likeness (QED) is 0.902. The maximum Gasteiger partial charge on any atom is 0.137 e. The minimum atomic E-state index is -0.256. The van der Waals surface area contributed by atoms with Crippen LogP contribution in [0.3, 0.4) is 0 Å². The van der Waals surface area contributed by atoms with Crippen molar-refractivity contribution >= 4 is 27.5 Å². The van der Waals surface area contributed by atoms with Crippen LogP contribution in [0, 0.1) is 5.82 Å². The molecule has 1 N–H and O–H groups in total. The first-order valence-corrected chi connectivity index (χ1v) is 7.00. The highest BCUT2D eigenvalue weighted by atomic mass is 79.9. The SMILES string of the molecule is CNC(Cc1cccc(F)c1Br)c1ccncc1Cl. The molecular weight excluding hydrogens is 331 g/mol. The molecule has 0 aliphatic heterocycles. The monoisotopic (exact) mass is 342 g/mol. The summed E-state index contributed by atoms with van der Waals surface area (Å²) in [5, 5.41) is 3.80. The Labute approximate surface area is 125 Å². The van der Waals surface area contributed by atoms with Crippen LogP contribution in [0.1, 0.15) is 17.2 Å². The molecule has 0 spiro atoms. The van der Waals surface area contributed by atoms with Gasteiger partial charge >= 0.3 is 0 Å². The molecule has 1 aromatic carbocycles. The Bertz CT molecular complexity index is 577. The molecule has 0 fully saturated rings. The molecule has 1 heterocycles. The van der Waals surface area contributed by atoms with Gasteiger partial charge in [0.1, 0.15) is 5.82 Å². The van der Waals surface area contributed by atoms with Crippen molar-refractivity contribution < 1.29 is 4.39 Å². The molecule has 1 unspecified atom stereocenters. The van der Waals surface area contributed by atoms with Crippen molar-refractivity contribution in [1.82, 2.24) is 10.3 Å². The van der Waals surface area contributed by atoms with Crippen LogP contribution >= 0.6 is 27.5 Å². The number of likely N-dealkylation sites (N-methyl/N-ethyl adjacent to an activating group) is 1. The van der Waals surface area contributed by atoms with E-state index in [0.717, 1.165) is 11.1 Å². The van der Waals surface area contributed by atoms with Gasteiger partial charge in [0.15, 0.2) is 0 Å². The molecule has 2 aromatic rings. The minimum absolute atomic E-state index is 0.00796. The van der Waals surface area contributed by atoms with Crippen molar-refractivity contribution in [3.05, 3.63) is 63.1 Å². The van der Waals surface area contributed by atoms with Crippen molar-refractivity contribution in [1.29, 1.82) is 0 Å². The fourth-order valence-electron chi connectivity index (χ4n) is 1.96. The number of pyridine rings is 1. The Kier molecular flexibility index (Phi) is 4.91. The third-order valence-electron chi connectivity index (χ3n) is 2.98. The highest BCUT2D eigenvalue weighted by Crippen LogP contribution is 2.28. The van der Waals surface area contributed by atoms with Gasteiger partial charge in [-0.05, 0) is 52.7 Å². The number of halogens is 3. The molecule has 0 aliphatic carbocycles. The molecule has 0 amide bonds.